The van der Waals surface area contributed by atoms with Crippen LogP contribution in [-0.4, -0.2) is 77.7 Å². The maximum absolute atomic E-state index is 12.6. The van der Waals surface area contributed by atoms with Gasteiger partial charge in [-0.2, -0.15) is 0 Å². The summed E-state index contributed by atoms with van der Waals surface area (Å²) in [4.78, 5) is 35.6. The minimum Gasteiger partial charge on any atom is -0.338 e. The van der Waals surface area contributed by atoms with Crippen molar-refractivity contribution >= 4 is 27.6 Å². The number of nitro groups is 1. The number of carbonyl (C=O) groups excluding carboxylic acids is 1. The average Bonchev–Trinajstić information content (AvgIpc) is 2.97. The summed E-state index contributed by atoms with van der Waals surface area (Å²) in [7, 11) is -3.95. The zero-order valence-corrected chi connectivity index (χ0v) is 17.6. The van der Waals surface area contributed by atoms with Crippen LogP contribution in [0.4, 0.5) is 11.6 Å². The fraction of sp³-hybridized carbons (Fsp3) is 0.421. The number of benzene rings is 1. The fourth-order valence-corrected chi connectivity index (χ4v) is 5.41. The van der Waals surface area contributed by atoms with Crippen molar-refractivity contribution in [2.45, 2.75) is 17.7 Å². The summed E-state index contributed by atoms with van der Waals surface area (Å²) in [5.41, 5.74) is -0.433. The highest BCUT2D eigenvalue weighted by Gasteiger charge is 2.41. The Hall–Kier alpha value is -3.12. The minimum atomic E-state index is -3.95. The number of rotatable bonds is 7. The van der Waals surface area contributed by atoms with E-state index in [-0.39, 0.29) is 22.7 Å². The monoisotopic (exact) mass is 446 g/mol. The first-order valence-electron chi connectivity index (χ1n) is 9.98. The molecule has 0 radical (unpaired) electrons. The molecule has 11 nitrogen and oxygen atoms in total. The number of non-ortho nitro benzene ring substituents is 1. The molecule has 164 valence electrons. The number of hydrogen-bond acceptors (Lipinski definition) is 9. The van der Waals surface area contributed by atoms with Gasteiger partial charge in [-0.1, -0.05) is 0 Å². The molecule has 1 aromatic carbocycles. The topological polar surface area (TPSA) is 130 Å². The van der Waals surface area contributed by atoms with Crippen LogP contribution in [0.25, 0.3) is 0 Å². The Morgan fingerprint density at radius 1 is 1.03 bits per heavy atom. The van der Waals surface area contributed by atoms with Crippen molar-refractivity contribution in [2.75, 3.05) is 44.2 Å². The zero-order chi connectivity index (χ0) is 22.0. The first kappa shape index (κ1) is 21.1. The first-order chi connectivity index (χ1) is 14.9. The quantitative estimate of drug-likeness (QED) is 0.349. The van der Waals surface area contributed by atoms with Crippen molar-refractivity contribution in [2.24, 2.45) is 0 Å². The molecular formula is C19H22N6O5S. The number of aromatic nitrogens is 2. The van der Waals surface area contributed by atoms with Gasteiger partial charge in [-0.25, -0.2) is 22.7 Å². The molecule has 12 heteroatoms. The molecule has 0 N–H and O–H groups in total. The largest absolute Gasteiger partial charge is 0.338 e. The van der Waals surface area contributed by atoms with Gasteiger partial charge in [0, 0.05) is 57.3 Å². The van der Waals surface area contributed by atoms with Gasteiger partial charge >= 0.3 is 0 Å². The molecular weight excluding hydrogens is 424 g/mol. The molecule has 4 rings (SSSR count). The molecule has 1 aromatic heterocycles. The second kappa shape index (κ2) is 8.55. The van der Waals surface area contributed by atoms with Crippen LogP contribution in [0.2, 0.25) is 0 Å². The van der Waals surface area contributed by atoms with Crippen LogP contribution in [0.5, 0.6) is 0 Å². The van der Waals surface area contributed by atoms with E-state index in [1.165, 1.54) is 0 Å². The second-order valence-corrected chi connectivity index (χ2v) is 9.24. The Morgan fingerprint density at radius 3 is 2.39 bits per heavy atom. The van der Waals surface area contributed by atoms with Gasteiger partial charge in [0.2, 0.25) is 5.95 Å². The van der Waals surface area contributed by atoms with Crippen molar-refractivity contribution in [1.29, 1.82) is 0 Å². The molecule has 3 heterocycles. The van der Waals surface area contributed by atoms with Crippen LogP contribution in [0.3, 0.4) is 0 Å². The van der Waals surface area contributed by atoms with E-state index < -0.39 is 20.9 Å². The predicted octanol–water partition coefficient (Wildman–Crippen LogP) is 1.13. The predicted molar refractivity (Wildman–Crippen MR) is 111 cm³/mol. The molecule has 2 aromatic rings. The van der Waals surface area contributed by atoms with E-state index in [4.69, 9.17) is 0 Å². The van der Waals surface area contributed by atoms with Crippen LogP contribution in [0, 0.1) is 10.1 Å². The lowest BCUT2D eigenvalue weighted by molar-refractivity contribution is -0.384. The number of amides is 1. The van der Waals surface area contributed by atoms with Gasteiger partial charge in [-0.3, -0.25) is 19.8 Å². The summed E-state index contributed by atoms with van der Waals surface area (Å²) in [6, 6.07) is 5.06. The van der Waals surface area contributed by atoms with Gasteiger partial charge in [0.05, 0.1) is 10.5 Å². The number of hydrogen-bond donors (Lipinski definition) is 0. The lowest BCUT2D eigenvalue weighted by atomic mass is 10.2. The van der Waals surface area contributed by atoms with Crippen LogP contribution < -0.4 is 4.90 Å². The summed E-state index contributed by atoms with van der Waals surface area (Å²) in [6.45, 7) is 4.20. The summed E-state index contributed by atoms with van der Waals surface area (Å²) in [6.07, 6.45) is 4.69. The molecule has 0 spiro atoms. The van der Waals surface area contributed by atoms with E-state index >= 15 is 0 Å². The number of fused-ring (bicyclic) bond motifs is 1. The standard InChI is InChI=1S/C19H22N6O5S/c26-18-16-14-15(25(27)28)4-5-17(16)31(29,30)24(18)9-2-1-8-22-10-12-23(13-11-22)19-20-6-3-7-21-19/h3-7,14H,1-2,8-13H2. The Morgan fingerprint density at radius 2 is 1.71 bits per heavy atom. The third-order valence-electron chi connectivity index (χ3n) is 5.49. The van der Waals surface area contributed by atoms with E-state index in [9.17, 15) is 23.3 Å². The number of sulfonamides is 1. The molecule has 0 saturated carbocycles. The number of nitrogens with zero attached hydrogens (tertiary/aromatic N) is 6. The summed E-state index contributed by atoms with van der Waals surface area (Å²) >= 11 is 0. The first-order valence-corrected chi connectivity index (χ1v) is 11.4. The molecule has 31 heavy (non-hydrogen) atoms. The van der Waals surface area contributed by atoms with Crippen molar-refractivity contribution in [3.63, 3.8) is 0 Å². The lowest BCUT2D eigenvalue weighted by Gasteiger charge is -2.34. The highest BCUT2D eigenvalue weighted by Crippen LogP contribution is 2.32. The highest BCUT2D eigenvalue weighted by molar-refractivity contribution is 7.90. The summed E-state index contributed by atoms with van der Waals surface area (Å²) in [5.74, 6) is 0.0230. The zero-order valence-electron chi connectivity index (χ0n) is 16.8. The lowest BCUT2D eigenvalue weighted by Crippen LogP contribution is -2.47. The Bertz CT molecular complexity index is 1090. The molecule has 0 bridgehead atoms. The highest BCUT2D eigenvalue weighted by atomic mass is 32.2. The maximum Gasteiger partial charge on any atom is 0.270 e. The molecule has 1 saturated heterocycles. The van der Waals surface area contributed by atoms with Crippen LogP contribution >= 0.6 is 0 Å². The molecule has 2 aliphatic heterocycles. The van der Waals surface area contributed by atoms with Crippen molar-refractivity contribution in [1.82, 2.24) is 19.2 Å². The van der Waals surface area contributed by atoms with Crippen molar-refractivity contribution < 1.29 is 18.1 Å². The number of nitro benzene ring substituents is 1. The van der Waals surface area contributed by atoms with E-state index in [1.807, 2.05) is 0 Å². The van der Waals surface area contributed by atoms with Crippen LogP contribution in [-0.2, 0) is 10.0 Å². The Labute approximate surface area is 179 Å². The van der Waals surface area contributed by atoms with Crippen LogP contribution in [0.15, 0.2) is 41.6 Å². The van der Waals surface area contributed by atoms with Crippen molar-refractivity contribution in [3.05, 3.63) is 52.3 Å². The normalized spacial score (nSPS) is 18.3. The van der Waals surface area contributed by atoms with Gasteiger partial charge < -0.3 is 4.90 Å². The molecule has 1 amide bonds. The van der Waals surface area contributed by atoms with Gasteiger partial charge in [-0.05, 0) is 31.5 Å². The van der Waals surface area contributed by atoms with Gasteiger partial charge in [0.1, 0.15) is 4.90 Å². The number of carbonyl (C=O) groups is 1. The Kier molecular flexibility index (Phi) is 5.83. The Balaban J connectivity index is 1.27. The van der Waals surface area contributed by atoms with Crippen LogP contribution in [0.1, 0.15) is 23.2 Å². The van der Waals surface area contributed by atoms with Gasteiger partial charge in [-0.15, -0.1) is 0 Å². The van der Waals surface area contributed by atoms with E-state index in [2.05, 4.69) is 19.8 Å². The smallest absolute Gasteiger partial charge is 0.270 e. The summed E-state index contributed by atoms with van der Waals surface area (Å²) in [5, 5.41) is 10.9. The SMILES string of the molecule is O=C1c2cc([N+](=O)[O-])ccc2S(=O)(=O)N1CCCCN1CCN(c2ncccn2)CC1. The second-order valence-electron chi connectivity index (χ2n) is 7.40. The van der Waals surface area contributed by atoms with Gasteiger partial charge in [0.25, 0.3) is 21.6 Å². The van der Waals surface area contributed by atoms with Gasteiger partial charge in [0.15, 0.2) is 0 Å². The number of piperazine rings is 1. The fourth-order valence-electron chi connectivity index (χ4n) is 3.82. The van der Waals surface area contributed by atoms with Crippen molar-refractivity contribution in [3.8, 4) is 0 Å². The van der Waals surface area contributed by atoms with E-state index in [1.54, 1.807) is 18.5 Å². The van der Waals surface area contributed by atoms with E-state index in [0.717, 1.165) is 67.6 Å². The molecule has 0 atom stereocenters. The average molecular weight is 446 g/mol. The number of unbranched alkanes of at least 4 members (excludes halogenated alkanes) is 1. The molecule has 0 unspecified atom stereocenters. The summed E-state index contributed by atoms with van der Waals surface area (Å²) < 4.78 is 26.1. The maximum atomic E-state index is 12.6. The number of anilines is 1. The molecule has 1 fully saturated rings. The molecule has 2 aliphatic rings. The molecule has 0 aliphatic carbocycles. The van der Waals surface area contributed by atoms with E-state index in [0.29, 0.717) is 6.42 Å². The third-order valence-corrected chi connectivity index (χ3v) is 7.33. The minimum absolute atomic E-state index is 0.0570. The third kappa shape index (κ3) is 4.21.